The van der Waals surface area contributed by atoms with E-state index >= 15 is 0 Å². The molecule has 22 heavy (non-hydrogen) atoms. The summed E-state index contributed by atoms with van der Waals surface area (Å²) in [6.07, 6.45) is 0. The van der Waals surface area contributed by atoms with Crippen LogP contribution >= 0.6 is 82.6 Å². The molecule has 0 saturated carbocycles. The Bertz CT molecular complexity index is 833. The second kappa shape index (κ2) is 7.17. The quantitative estimate of drug-likeness (QED) is 0.303. The van der Waals surface area contributed by atoms with E-state index in [1.807, 2.05) is 0 Å². The van der Waals surface area contributed by atoms with Gasteiger partial charge < -0.3 is 4.18 Å². The second-order valence-electron chi connectivity index (χ2n) is 3.93. The molecular weight excluding hydrogens is 570 g/mol. The molecule has 118 valence electrons. The molecule has 2 rings (SSSR count). The summed E-state index contributed by atoms with van der Waals surface area (Å²) >= 11 is 27.3. The van der Waals surface area contributed by atoms with E-state index in [1.165, 1.54) is 6.07 Å². The van der Waals surface area contributed by atoms with Crippen LogP contribution in [0.2, 0.25) is 15.1 Å². The van der Waals surface area contributed by atoms with E-state index in [-0.39, 0.29) is 25.7 Å². The smallest absolute Gasteiger partial charge is 0.340 e. The number of hydrogen-bond acceptors (Lipinski definition) is 3. The van der Waals surface area contributed by atoms with Crippen molar-refractivity contribution < 1.29 is 12.6 Å². The van der Waals surface area contributed by atoms with Crippen molar-refractivity contribution in [3.63, 3.8) is 0 Å². The van der Waals surface area contributed by atoms with Gasteiger partial charge in [-0.25, -0.2) is 0 Å². The molecule has 0 heterocycles. The topological polar surface area (TPSA) is 43.4 Å². The summed E-state index contributed by atoms with van der Waals surface area (Å²) in [5.74, 6) is 0.0883. The molecule has 0 aromatic heterocycles. The van der Waals surface area contributed by atoms with Crippen molar-refractivity contribution in [2.45, 2.75) is 4.90 Å². The summed E-state index contributed by atoms with van der Waals surface area (Å²) in [5, 5.41) is 0.123. The van der Waals surface area contributed by atoms with E-state index in [2.05, 4.69) is 47.8 Å². The minimum Gasteiger partial charge on any atom is -0.376 e. The predicted octanol–water partition coefficient (Wildman–Crippen LogP) is 6.70. The molecule has 0 atom stereocenters. The Labute approximate surface area is 167 Å². The molecule has 0 amide bonds. The number of rotatable bonds is 3. The molecule has 0 spiro atoms. The normalized spacial score (nSPS) is 11.5. The maximum atomic E-state index is 12.4. The van der Waals surface area contributed by atoms with Crippen LogP contribution in [0.25, 0.3) is 0 Å². The van der Waals surface area contributed by atoms with E-state index in [9.17, 15) is 8.42 Å². The van der Waals surface area contributed by atoms with E-state index < -0.39 is 10.1 Å². The SMILES string of the molecule is O=S(=O)(Oc1c(Br)cc(Br)cc1Br)c1cc(Cl)c(Cl)cc1Cl. The predicted molar refractivity (Wildman–Crippen MR) is 98.8 cm³/mol. The lowest BCUT2D eigenvalue weighted by Gasteiger charge is -2.12. The van der Waals surface area contributed by atoms with Crippen molar-refractivity contribution in [2.75, 3.05) is 0 Å². The third-order valence-electron chi connectivity index (χ3n) is 2.40. The van der Waals surface area contributed by atoms with Crippen LogP contribution in [-0.2, 0) is 10.1 Å². The average molecular weight is 574 g/mol. The summed E-state index contributed by atoms with van der Waals surface area (Å²) in [5.41, 5.74) is 0. The Hall–Kier alpha value is 0.500. The van der Waals surface area contributed by atoms with Crippen molar-refractivity contribution >= 4 is 92.7 Å². The summed E-state index contributed by atoms with van der Waals surface area (Å²) in [7, 11) is -4.19. The van der Waals surface area contributed by atoms with Gasteiger partial charge in [-0.15, -0.1) is 0 Å². The lowest BCUT2D eigenvalue weighted by Crippen LogP contribution is -2.11. The van der Waals surface area contributed by atoms with Gasteiger partial charge in [0.2, 0.25) is 0 Å². The maximum absolute atomic E-state index is 12.4. The molecule has 0 radical (unpaired) electrons. The fourth-order valence-corrected chi connectivity index (χ4v) is 6.04. The highest BCUT2D eigenvalue weighted by molar-refractivity contribution is 9.11. The molecule has 2 aromatic carbocycles. The van der Waals surface area contributed by atoms with Crippen molar-refractivity contribution in [2.24, 2.45) is 0 Å². The van der Waals surface area contributed by atoms with Crippen LogP contribution in [0.15, 0.2) is 42.6 Å². The third kappa shape index (κ3) is 4.12. The molecule has 10 heteroatoms. The summed E-state index contributed by atoms with van der Waals surface area (Å²) in [6, 6.07) is 5.67. The van der Waals surface area contributed by atoms with Gasteiger partial charge in [-0.1, -0.05) is 50.7 Å². The Morgan fingerprint density at radius 1 is 0.818 bits per heavy atom. The molecule has 2 aromatic rings. The summed E-state index contributed by atoms with van der Waals surface area (Å²) < 4.78 is 31.6. The fourth-order valence-electron chi connectivity index (χ4n) is 1.46. The molecule has 0 N–H and O–H groups in total. The van der Waals surface area contributed by atoms with Crippen LogP contribution in [0, 0.1) is 0 Å². The van der Waals surface area contributed by atoms with Crippen LogP contribution in [0.4, 0.5) is 0 Å². The zero-order chi connectivity index (χ0) is 16.7. The van der Waals surface area contributed by atoms with Gasteiger partial charge in [-0.05, 0) is 56.1 Å². The van der Waals surface area contributed by atoms with Crippen LogP contribution in [0.3, 0.4) is 0 Å². The van der Waals surface area contributed by atoms with Crippen LogP contribution in [0.5, 0.6) is 5.75 Å². The van der Waals surface area contributed by atoms with E-state index in [0.29, 0.717) is 8.95 Å². The van der Waals surface area contributed by atoms with Crippen molar-refractivity contribution in [3.8, 4) is 5.75 Å². The van der Waals surface area contributed by atoms with Gasteiger partial charge >= 0.3 is 10.1 Å². The highest BCUT2D eigenvalue weighted by Crippen LogP contribution is 2.39. The number of hydrogen-bond donors (Lipinski definition) is 0. The molecule has 0 bridgehead atoms. The molecule has 0 aliphatic heterocycles. The minimum absolute atomic E-state index is 0.0576. The van der Waals surface area contributed by atoms with Gasteiger partial charge in [0.05, 0.1) is 24.0 Å². The molecule has 0 aliphatic rings. The zero-order valence-corrected chi connectivity index (χ0v) is 18.1. The van der Waals surface area contributed by atoms with Gasteiger partial charge in [0.1, 0.15) is 4.90 Å². The Balaban J connectivity index is 2.52. The van der Waals surface area contributed by atoms with E-state index in [4.69, 9.17) is 39.0 Å². The van der Waals surface area contributed by atoms with Crippen molar-refractivity contribution in [1.82, 2.24) is 0 Å². The maximum Gasteiger partial charge on any atom is 0.340 e. The minimum atomic E-state index is -4.19. The molecule has 3 nitrogen and oxygen atoms in total. The Morgan fingerprint density at radius 2 is 1.32 bits per heavy atom. The summed E-state index contributed by atoms with van der Waals surface area (Å²) in [6.45, 7) is 0. The largest absolute Gasteiger partial charge is 0.376 e. The Kier molecular flexibility index (Phi) is 6.14. The number of benzene rings is 2. The second-order valence-corrected chi connectivity index (χ2v) is 9.29. The first kappa shape index (κ1) is 18.8. The fraction of sp³-hybridized carbons (Fsp3) is 0. The monoisotopic (exact) mass is 570 g/mol. The van der Waals surface area contributed by atoms with Gasteiger partial charge in [0.25, 0.3) is 0 Å². The molecule has 0 aliphatic carbocycles. The lowest BCUT2D eigenvalue weighted by molar-refractivity contribution is 0.483. The van der Waals surface area contributed by atoms with Gasteiger partial charge in [-0.3, -0.25) is 0 Å². The standard InChI is InChI=1S/C12H4Br3Cl3O3S/c13-5-1-6(14)12(7(15)2-5)21-22(19,20)11-4-9(17)8(16)3-10(11)18/h1-4H. The Morgan fingerprint density at radius 3 is 1.86 bits per heavy atom. The van der Waals surface area contributed by atoms with Crippen molar-refractivity contribution in [1.29, 1.82) is 0 Å². The highest BCUT2D eigenvalue weighted by atomic mass is 79.9. The molecule has 0 saturated heterocycles. The van der Waals surface area contributed by atoms with Gasteiger partial charge in [-0.2, -0.15) is 8.42 Å². The van der Waals surface area contributed by atoms with Crippen molar-refractivity contribution in [3.05, 3.63) is 52.8 Å². The van der Waals surface area contributed by atoms with Crippen LogP contribution in [0.1, 0.15) is 0 Å². The molecule has 0 fully saturated rings. The first-order valence-electron chi connectivity index (χ1n) is 5.35. The third-order valence-corrected chi connectivity index (χ3v) is 6.45. The molecule has 0 unspecified atom stereocenters. The van der Waals surface area contributed by atoms with Gasteiger partial charge in [0.15, 0.2) is 5.75 Å². The van der Waals surface area contributed by atoms with Crippen LogP contribution < -0.4 is 4.18 Å². The van der Waals surface area contributed by atoms with Crippen LogP contribution in [-0.4, -0.2) is 8.42 Å². The molecular formula is C12H4Br3Cl3O3S. The number of halogens is 6. The van der Waals surface area contributed by atoms with Gasteiger partial charge in [0, 0.05) is 4.47 Å². The first-order chi connectivity index (χ1) is 10.1. The average Bonchev–Trinajstić information content (AvgIpc) is 2.38. The van der Waals surface area contributed by atoms with E-state index in [1.54, 1.807) is 12.1 Å². The zero-order valence-electron chi connectivity index (χ0n) is 10.2. The first-order valence-corrected chi connectivity index (χ1v) is 10.3. The van der Waals surface area contributed by atoms with E-state index in [0.717, 1.165) is 10.5 Å². The highest BCUT2D eigenvalue weighted by Gasteiger charge is 2.24. The lowest BCUT2D eigenvalue weighted by atomic mass is 10.3. The summed E-state index contributed by atoms with van der Waals surface area (Å²) in [4.78, 5) is -0.273.